The molecule has 118 valence electrons. The van der Waals surface area contributed by atoms with Crippen LogP contribution in [0.1, 0.15) is 58.1 Å². The van der Waals surface area contributed by atoms with Crippen molar-refractivity contribution >= 4 is 0 Å². The smallest absolute Gasteiger partial charge is 0.124 e. The van der Waals surface area contributed by atoms with Gasteiger partial charge in [-0.3, -0.25) is 0 Å². The van der Waals surface area contributed by atoms with Gasteiger partial charge < -0.3 is 15.2 Å². The molecule has 0 spiro atoms. The van der Waals surface area contributed by atoms with Crippen molar-refractivity contribution in [2.45, 2.75) is 58.1 Å². The fraction of sp³-hybridized carbons (Fsp3) is 0.667. The number of aliphatic hydroxyl groups is 1. The van der Waals surface area contributed by atoms with Crippen molar-refractivity contribution in [1.29, 1.82) is 0 Å². The Morgan fingerprint density at radius 2 is 2.10 bits per heavy atom. The molecule has 2 N–H and O–H groups in total. The van der Waals surface area contributed by atoms with Crippen LogP contribution in [0.25, 0.3) is 0 Å². The van der Waals surface area contributed by atoms with Gasteiger partial charge in [-0.2, -0.15) is 0 Å². The molecule has 0 bridgehead atoms. The third-order valence-corrected chi connectivity index (χ3v) is 4.26. The Labute approximate surface area is 128 Å². The van der Waals surface area contributed by atoms with E-state index >= 15 is 0 Å². The number of para-hydroxylation sites is 1. The quantitative estimate of drug-likeness (QED) is 0.805. The van der Waals surface area contributed by atoms with Gasteiger partial charge in [0.2, 0.25) is 0 Å². The first-order chi connectivity index (χ1) is 10.1. The molecule has 3 nitrogen and oxygen atoms in total. The third kappa shape index (κ3) is 4.45. The molecule has 3 heteroatoms. The molecule has 21 heavy (non-hydrogen) atoms. The Morgan fingerprint density at radius 3 is 2.81 bits per heavy atom. The molecule has 1 aromatic rings. The van der Waals surface area contributed by atoms with Crippen LogP contribution >= 0.6 is 0 Å². The van der Waals surface area contributed by atoms with E-state index in [2.05, 4.69) is 44.3 Å². The van der Waals surface area contributed by atoms with Gasteiger partial charge in [-0.05, 0) is 45.2 Å². The molecule has 1 heterocycles. The zero-order valence-corrected chi connectivity index (χ0v) is 13.6. The highest BCUT2D eigenvalue weighted by Gasteiger charge is 2.33. The molecular weight excluding hydrogens is 262 g/mol. The van der Waals surface area contributed by atoms with Crippen LogP contribution in [0.5, 0.6) is 5.75 Å². The fourth-order valence-electron chi connectivity index (χ4n) is 3.23. The molecule has 0 fully saturated rings. The van der Waals surface area contributed by atoms with Gasteiger partial charge in [0.15, 0.2) is 0 Å². The van der Waals surface area contributed by atoms with Crippen molar-refractivity contribution in [1.82, 2.24) is 5.32 Å². The minimum Gasteiger partial charge on any atom is -0.487 e. The van der Waals surface area contributed by atoms with E-state index in [1.165, 1.54) is 18.4 Å². The van der Waals surface area contributed by atoms with Crippen molar-refractivity contribution in [3.8, 4) is 5.75 Å². The monoisotopic (exact) mass is 291 g/mol. The van der Waals surface area contributed by atoms with E-state index in [9.17, 15) is 5.11 Å². The second-order valence-electron chi connectivity index (χ2n) is 6.73. The predicted octanol–water partition coefficient (Wildman–Crippen LogP) is 3.68. The predicted molar refractivity (Wildman–Crippen MR) is 86.6 cm³/mol. The fourth-order valence-corrected chi connectivity index (χ4v) is 3.23. The normalized spacial score (nSPS) is 21.4. The summed E-state index contributed by atoms with van der Waals surface area (Å²) in [6.07, 6.45) is 4.20. The van der Waals surface area contributed by atoms with Gasteiger partial charge in [0.25, 0.3) is 0 Å². The van der Waals surface area contributed by atoms with Gasteiger partial charge in [-0.25, -0.2) is 0 Å². The highest BCUT2D eigenvalue weighted by Crippen LogP contribution is 2.39. The molecule has 0 aliphatic carbocycles. The van der Waals surface area contributed by atoms with Crippen LogP contribution in [0.15, 0.2) is 24.3 Å². The van der Waals surface area contributed by atoms with Crippen molar-refractivity contribution < 1.29 is 9.84 Å². The van der Waals surface area contributed by atoms with Crippen LogP contribution in [0.3, 0.4) is 0 Å². The largest absolute Gasteiger partial charge is 0.487 e. The minimum absolute atomic E-state index is 0.136. The van der Waals surface area contributed by atoms with Gasteiger partial charge in [0.1, 0.15) is 11.4 Å². The van der Waals surface area contributed by atoms with Crippen molar-refractivity contribution in [3.05, 3.63) is 29.8 Å². The number of hydrogen-bond donors (Lipinski definition) is 2. The van der Waals surface area contributed by atoms with Crippen LogP contribution in [-0.4, -0.2) is 23.9 Å². The lowest BCUT2D eigenvalue weighted by Gasteiger charge is -2.38. The van der Waals surface area contributed by atoms with Crippen LogP contribution in [-0.2, 0) is 0 Å². The zero-order chi connectivity index (χ0) is 15.3. The Balaban J connectivity index is 2.05. The highest BCUT2D eigenvalue weighted by molar-refractivity contribution is 5.38. The first-order valence-corrected chi connectivity index (χ1v) is 8.18. The number of fused-ring (bicyclic) bond motifs is 1. The summed E-state index contributed by atoms with van der Waals surface area (Å²) < 4.78 is 6.07. The molecule has 2 unspecified atom stereocenters. The summed E-state index contributed by atoms with van der Waals surface area (Å²) in [6.45, 7) is 7.74. The summed E-state index contributed by atoms with van der Waals surface area (Å²) in [5.41, 5.74) is 1.12. The van der Waals surface area contributed by atoms with Crippen LogP contribution < -0.4 is 10.1 Å². The lowest BCUT2D eigenvalue weighted by Crippen LogP contribution is -2.40. The third-order valence-electron chi connectivity index (χ3n) is 4.26. The Hall–Kier alpha value is -1.06. The molecule has 0 saturated carbocycles. The summed E-state index contributed by atoms with van der Waals surface area (Å²) in [6, 6.07) is 8.66. The topological polar surface area (TPSA) is 41.5 Å². The lowest BCUT2D eigenvalue weighted by atomic mass is 9.89. The van der Waals surface area contributed by atoms with E-state index in [1.54, 1.807) is 0 Å². The van der Waals surface area contributed by atoms with Crippen molar-refractivity contribution in [2.75, 3.05) is 13.2 Å². The second kappa shape index (κ2) is 7.28. The Kier molecular flexibility index (Phi) is 5.65. The zero-order valence-electron chi connectivity index (χ0n) is 13.6. The van der Waals surface area contributed by atoms with Gasteiger partial charge in [0.05, 0.1) is 0 Å². The van der Waals surface area contributed by atoms with E-state index in [0.717, 1.165) is 25.1 Å². The van der Waals surface area contributed by atoms with E-state index in [4.69, 9.17) is 4.74 Å². The Bertz CT molecular complexity index is 439. The Morgan fingerprint density at radius 1 is 1.33 bits per heavy atom. The number of aliphatic hydroxyl groups excluding tert-OH is 1. The van der Waals surface area contributed by atoms with Gasteiger partial charge in [-0.1, -0.05) is 31.5 Å². The van der Waals surface area contributed by atoms with Gasteiger partial charge in [0, 0.05) is 24.6 Å². The first-order valence-electron chi connectivity index (χ1n) is 8.18. The summed E-state index contributed by atoms with van der Waals surface area (Å²) in [7, 11) is 0. The summed E-state index contributed by atoms with van der Waals surface area (Å²) in [5.74, 6) is 1.55. The van der Waals surface area contributed by atoms with Gasteiger partial charge >= 0.3 is 0 Å². The molecule has 1 aliphatic rings. The van der Waals surface area contributed by atoms with E-state index < -0.39 is 0 Å². The van der Waals surface area contributed by atoms with Crippen LogP contribution in [0, 0.1) is 5.92 Å². The molecule has 2 rings (SSSR count). The summed E-state index contributed by atoms with van der Waals surface area (Å²) in [5, 5.41) is 12.9. The average molecular weight is 291 g/mol. The lowest BCUT2D eigenvalue weighted by molar-refractivity contribution is 0.0648. The van der Waals surface area contributed by atoms with E-state index in [1.807, 2.05) is 6.07 Å². The standard InChI is InChI=1S/C18H29NO2/c1-4-7-14(10-11-20)13-19-16-12-18(2,3)21-17-9-6-5-8-15(16)17/h5-6,8-9,14,16,19-20H,4,7,10-13H2,1-3H3. The first kappa shape index (κ1) is 16.3. The maximum absolute atomic E-state index is 9.19. The van der Waals surface area contributed by atoms with Crippen LogP contribution in [0.4, 0.5) is 0 Å². The van der Waals surface area contributed by atoms with Crippen LogP contribution in [0.2, 0.25) is 0 Å². The maximum Gasteiger partial charge on any atom is 0.124 e. The summed E-state index contributed by atoms with van der Waals surface area (Å²) in [4.78, 5) is 0. The number of hydrogen-bond acceptors (Lipinski definition) is 3. The molecule has 0 aromatic heterocycles. The SMILES string of the molecule is CCCC(CCO)CNC1CC(C)(C)Oc2ccccc21. The average Bonchev–Trinajstić information content (AvgIpc) is 2.44. The molecular formula is C18H29NO2. The van der Waals surface area contributed by atoms with E-state index in [-0.39, 0.29) is 12.2 Å². The molecule has 1 aromatic carbocycles. The molecule has 0 amide bonds. The maximum atomic E-state index is 9.19. The molecule has 2 atom stereocenters. The highest BCUT2D eigenvalue weighted by atomic mass is 16.5. The van der Waals surface area contributed by atoms with E-state index in [0.29, 0.717) is 12.0 Å². The second-order valence-corrected chi connectivity index (χ2v) is 6.73. The van der Waals surface area contributed by atoms with Crippen molar-refractivity contribution in [2.24, 2.45) is 5.92 Å². The number of nitrogens with one attached hydrogen (secondary N) is 1. The number of ether oxygens (including phenoxy) is 1. The van der Waals surface area contributed by atoms with Crippen molar-refractivity contribution in [3.63, 3.8) is 0 Å². The minimum atomic E-state index is -0.136. The number of rotatable bonds is 7. The molecule has 1 aliphatic heterocycles. The molecule has 0 radical (unpaired) electrons. The van der Waals surface area contributed by atoms with Gasteiger partial charge in [-0.15, -0.1) is 0 Å². The number of benzene rings is 1. The molecule has 0 saturated heterocycles. The summed E-state index contributed by atoms with van der Waals surface area (Å²) >= 11 is 0.